The Morgan fingerprint density at radius 2 is 2.11 bits per heavy atom. The molecule has 0 radical (unpaired) electrons. The van der Waals surface area contributed by atoms with Crippen LogP contribution in [-0.4, -0.2) is 34.5 Å². The van der Waals surface area contributed by atoms with Gasteiger partial charge in [0, 0.05) is 0 Å². The van der Waals surface area contributed by atoms with E-state index in [1.54, 1.807) is 18.2 Å². The van der Waals surface area contributed by atoms with E-state index in [-0.39, 0.29) is 29.6 Å². The number of rotatable bonds is 0. The van der Waals surface area contributed by atoms with Gasteiger partial charge in [-0.05, 0) is 12.1 Å². The van der Waals surface area contributed by atoms with Gasteiger partial charge in [0.25, 0.3) is 0 Å². The van der Waals surface area contributed by atoms with E-state index in [0.29, 0.717) is 10.2 Å². The molecular weight excluding hydrogens is 165 g/mol. The van der Waals surface area contributed by atoms with Crippen molar-refractivity contribution in [3.8, 4) is 0 Å². The SMILES string of the molecule is Sc1cccc(Cl)n1.[NaH]. The molecule has 4 heteroatoms. The topological polar surface area (TPSA) is 12.9 Å². The summed E-state index contributed by atoms with van der Waals surface area (Å²) in [4.78, 5) is 3.80. The molecule has 0 aromatic carbocycles. The average molecular weight is 170 g/mol. The van der Waals surface area contributed by atoms with Gasteiger partial charge in [0.1, 0.15) is 5.15 Å². The molecule has 0 N–H and O–H groups in total. The third kappa shape index (κ3) is 3.48. The van der Waals surface area contributed by atoms with Gasteiger partial charge < -0.3 is 0 Å². The molecule has 44 valence electrons. The van der Waals surface area contributed by atoms with Crippen molar-refractivity contribution in [2.24, 2.45) is 0 Å². The molecule has 1 heterocycles. The molecule has 0 amide bonds. The van der Waals surface area contributed by atoms with Gasteiger partial charge in [-0.15, -0.1) is 12.6 Å². The molecule has 9 heavy (non-hydrogen) atoms. The van der Waals surface area contributed by atoms with Crippen LogP contribution in [0.5, 0.6) is 0 Å². The van der Waals surface area contributed by atoms with Gasteiger partial charge in [0.05, 0.1) is 5.03 Å². The molecule has 0 saturated carbocycles. The van der Waals surface area contributed by atoms with Crippen molar-refractivity contribution >= 4 is 53.8 Å². The van der Waals surface area contributed by atoms with E-state index in [2.05, 4.69) is 17.6 Å². The number of hydrogen-bond acceptors (Lipinski definition) is 2. The number of aromatic nitrogens is 1. The van der Waals surface area contributed by atoms with Gasteiger partial charge >= 0.3 is 29.6 Å². The molecule has 0 spiro atoms. The minimum atomic E-state index is 0. The van der Waals surface area contributed by atoms with Crippen LogP contribution in [0.4, 0.5) is 0 Å². The van der Waals surface area contributed by atoms with Crippen molar-refractivity contribution in [1.82, 2.24) is 4.98 Å². The first-order valence-electron chi connectivity index (χ1n) is 2.10. The quantitative estimate of drug-likeness (QED) is 0.352. The van der Waals surface area contributed by atoms with Crippen LogP contribution in [0.15, 0.2) is 23.2 Å². The van der Waals surface area contributed by atoms with Crippen molar-refractivity contribution in [2.45, 2.75) is 5.03 Å². The molecule has 0 aliphatic carbocycles. The molecule has 0 fully saturated rings. The van der Waals surface area contributed by atoms with Crippen LogP contribution >= 0.6 is 24.2 Å². The van der Waals surface area contributed by atoms with Crippen molar-refractivity contribution in [2.75, 3.05) is 0 Å². The first-order valence-corrected chi connectivity index (χ1v) is 2.93. The Bertz CT molecular complexity index is 177. The molecule has 0 atom stereocenters. The van der Waals surface area contributed by atoms with Crippen molar-refractivity contribution in [1.29, 1.82) is 0 Å². The van der Waals surface area contributed by atoms with E-state index < -0.39 is 0 Å². The fourth-order valence-electron chi connectivity index (χ4n) is 0.398. The molecule has 0 bridgehead atoms. The van der Waals surface area contributed by atoms with E-state index in [0.717, 1.165) is 0 Å². The summed E-state index contributed by atoms with van der Waals surface area (Å²) in [6.45, 7) is 0. The minimum absolute atomic E-state index is 0. The molecular formula is C5H5ClNNaS. The van der Waals surface area contributed by atoms with Crippen LogP contribution in [0.2, 0.25) is 5.15 Å². The van der Waals surface area contributed by atoms with Crippen LogP contribution in [0.3, 0.4) is 0 Å². The Kier molecular flexibility index (Phi) is 4.98. The van der Waals surface area contributed by atoms with E-state index in [4.69, 9.17) is 11.6 Å². The summed E-state index contributed by atoms with van der Waals surface area (Å²) < 4.78 is 0. The molecule has 1 aromatic rings. The molecule has 1 nitrogen and oxygen atoms in total. The summed E-state index contributed by atoms with van der Waals surface area (Å²) in [6, 6.07) is 5.29. The molecule has 0 aliphatic heterocycles. The monoisotopic (exact) mass is 169 g/mol. The number of thiol groups is 1. The normalized spacial score (nSPS) is 8.22. The Hall–Kier alpha value is 0.790. The predicted octanol–water partition coefficient (Wildman–Crippen LogP) is 1.38. The summed E-state index contributed by atoms with van der Waals surface area (Å²) in [6.07, 6.45) is 0. The van der Waals surface area contributed by atoms with Gasteiger partial charge in [0.15, 0.2) is 0 Å². The van der Waals surface area contributed by atoms with Crippen molar-refractivity contribution in [3.63, 3.8) is 0 Å². The van der Waals surface area contributed by atoms with Gasteiger partial charge in [0.2, 0.25) is 0 Å². The van der Waals surface area contributed by atoms with Crippen molar-refractivity contribution in [3.05, 3.63) is 23.4 Å². The maximum absolute atomic E-state index is 5.48. The summed E-state index contributed by atoms with van der Waals surface area (Å²) in [7, 11) is 0. The fourth-order valence-corrected chi connectivity index (χ4v) is 0.814. The van der Waals surface area contributed by atoms with Gasteiger partial charge in [-0.3, -0.25) is 0 Å². The summed E-state index contributed by atoms with van der Waals surface area (Å²) in [5.41, 5.74) is 0. The maximum atomic E-state index is 5.48. The first kappa shape index (κ1) is 9.79. The second-order valence-electron chi connectivity index (χ2n) is 1.32. The number of pyridine rings is 1. The van der Waals surface area contributed by atoms with Gasteiger partial charge in [-0.2, -0.15) is 0 Å². The van der Waals surface area contributed by atoms with Crippen LogP contribution < -0.4 is 0 Å². The number of hydrogen-bond donors (Lipinski definition) is 1. The molecule has 0 saturated heterocycles. The Labute approximate surface area is 86.5 Å². The predicted molar refractivity (Wildman–Crippen MR) is 43.6 cm³/mol. The van der Waals surface area contributed by atoms with E-state index in [1.807, 2.05) is 0 Å². The molecule has 0 aliphatic rings. The summed E-state index contributed by atoms with van der Waals surface area (Å²) in [5.74, 6) is 0. The average Bonchev–Trinajstić information content (AvgIpc) is 1.64. The standard InChI is InChI=1S/C5H4ClNS.Na.H/c6-4-2-1-3-5(8)7-4;;/h1-3H,(H,7,8);;. The zero-order valence-corrected chi connectivity index (χ0v) is 5.65. The Morgan fingerprint density at radius 1 is 1.44 bits per heavy atom. The van der Waals surface area contributed by atoms with Crippen LogP contribution in [0, 0.1) is 0 Å². The molecule has 1 rings (SSSR count). The first-order chi connectivity index (χ1) is 3.79. The van der Waals surface area contributed by atoms with Crippen molar-refractivity contribution < 1.29 is 0 Å². The third-order valence-corrected chi connectivity index (χ3v) is 1.16. The number of nitrogens with zero attached hydrogens (tertiary/aromatic N) is 1. The fraction of sp³-hybridized carbons (Fsp3) is 0. The van der Waals surface area contributed by atoms with Crippen LogP contribution in [0.25, 0.3) is 0 Å². The van der Waals surface area contributed by atoms with Gasteiger partial charge in [-0.25, -0.2) is 4.98 Å². The Balaban J connectivity index is 0.000000640. The Morgan fingerprint density at radius 3 is 2.44 bits per heavy atom. The van der Waals surface area contributed by atoms with Crippen LogP contribution in [0.1, 0.15) is 0 Å². The molecule has 1 aromatic heterocycles. The summed E-state index contributed by atoms with van der Waals surface area (Å²) in [5, 5.41) is 1.13. The number of halogens is 1. The van der Waals surface area contributed by atoms with Crippen LogP contribution in [-0.2, 0) is 0 Å². The second kappa shape index (κ2) is 4.58. The van der Waals surface area contributed by atoms with E-state index in [1.165, 1.54) is 0 Å². The van der Waals surface area contributed by atoms with E-state index >= 15 is 0 Å². The van der Waals surface area contributed by atoms with Gasteiger partial charge in [-0.1, -0.05) is 17.7 Å². The summed E-state index contributed by atoms with van der Waals surface area (Å²) >= 11 is 9.44. The van der Waals surface area contributed by atoms with E-state index in [9.17, 15) is 0 Å². The zero-order valence-electron chi connectivity index (χ0n) is 4.00. The zero-order chi connectivity index (χ0) is 5.98. The molecule has 0 unspecified atom stereocenters. The second-order valence-corrected chi connectivity index (χ2v) is 2.16. The third-order valence-electron chi connectivity index (χ3n) is 0.700.